The Hall–Kier alpha value is -0.835. The Kier molecular flexibility index (Phi) is 3.30. The molecule has 1 saturated heterocycles. The first-order valence-electron chi connectivity index (χ1n) is 5.87. The Bertz CT molecular complexity index is 469. The van der Waals surface area contributed by atoms with Gasteiger partial charge in [0.25, 0.3) is 0 Å². The van der Waals surface area contributed by atoms with E-state index in [0.717, 1.165) is 11.7 Å². The van der Waals surface area contributed by atoms with Crippen molar-refractivity contribution in [3.8, 4) is 0 Å². The van der Waals surface area contributed by atoms with E-state index in [0.29, 0.717) is 10.6 Å². The Morgan fingerprint density at radius 2 is 1.72 bits per heavy atom. The minimum Gasteiger partial charge on any atom is -0.399 e. The highest BCUT2D eigenvalue weighted by atomic mass is 35.5. The quantitative estimate of drug-likeness (QED) is 0.609. The van der Waals surface area contributed by atoms with Gasteiger partial charge in [0.05, 0.1) is 16.2 Å². The van der Waals surface area contributed by atoms with Gasteiger partial charge in [0.1, 0.15) is 0 Å². The van der Waals surface area contributed by atoms with Crippen LogP contribution < -0.4 is 5.46 Å². The molecule has 1 aromatic carbocycles. The van der Waals surface area contributed by atoms with E-state index in [1.807, 2.05) is 27.7 Å². The molecule has 1 heterocycles. The second-order valence-corrected chi connectivity index (χ2v) is 5.89. The van der Waals surface area contributed by atoms with Crippen LogP contribution in [0.15, 0.2) is 18.2 Å². The van der Waals surface area contributed by atoms with Crippen molar-refractivity contribution in [2.45, 2.75) is 38.9 Å². The number of halogens is 1. The molecular formula is C13H16BClO3. The van der Waals surface area contributed by atoms with Crippen LogP contribution in [-0.2, 0) is 9.31 Å². The van der Waals surface area contributed by atoms with Crippen molar-refractivity contribution >= 4 is 30.5 Å². The van der Waals surface area contributed by atoms with Crippen molar-refractivity contribution in [3.05, 3.63) is 28.8 Å². The summed E-state index contributed by atoms with van der Waals surface area (Å²) < 4.78 is 11.8. The van der Waals surface area contributed by atoms with Crippen LogP contribution in [0.5, 0.6) is 0 Å². The molecule has 3 nitrogen and oxygen atoms in total. The van der Waals surface area contributed by atoms with Gasteiger partial charge in [0, 0.05) is 5.56 Å². The molecule has 0 bridgehead atoms. The van der Waals surface area contributed by atoms with Crippen molar-refractivity contribution < 1.29 is 14.1 Å². The second kappa shape index (κ2) is 4.37. The summed E-state index contributed by atoms with van der Waals surface area (Å²) in [7, 11) is -0.451. The zero-order valence-electron chi connectivity index (χ0n) is 11.0. The van der Waals surface area contributed by atoms with Crippen LogP contribution in [0.3, 0.4) is 0 Å². The van der Waals surface area contributed by atoms with Gasteiger partial charge in [-0.2, -0.15) is 0 Å². The number of hydrogen-bond donors (Lipinski definition) is 0. The highest BCUT2D eigenvalue weighted by Crippen LogP contribution is 2.36. The van der Waals surface area contributed by atoms with E-state index >= 15 is 0 Å². The third kappa shape index (κ3) is 2.20. The van der Waals surface area contributed by atoms with E-state index in [2.05, 4.69) is 0 Å². The van der Waals surface area contributed by atoms with Crippen LogP contribution in [0.2, 0.25) is 5.02 Å². The van der Waals surface area contributed by atoms with Gasteiger partial charge < -0.3 is 9.31 Å². The molecule has 1 aromatic rings. The van der Waals surface area contributed by atoms with Gasteiger partial charge in [-0.1, -0.05) is 23.7 Å². The van der Waals surface area contributed by atoms with Crippen molar-refractivity contribution in [2.24, 2.45) is 0 Å². The fourth-order valence-corrected chi connectivity index (χ4v) is 2.00. The average molecular weight is 267 g/mol. The number of carbonyl (C=O) groups is 1. The molecule has 0 unspecified atom stereocenters. The van der Waals surface area contributed by atoms with E-state index in [1.54, 1.807) is 18.2 Å². The third-order valence-electron chi connectivity index (χ3n) is 3.68. The van der Waals surface area contributed by atoms with Gasteiger partial charge >= 0.3 is 7.12 Å². The lowest BCUT2D eigenvalue weighted by Gasteiger charge is -2.32. The molecule has 0 atom stereocenters. The molecule has 0 aromatic heterocycles. The zero-order chi connectivity index (χ0) is 13.6. The first-order valence-corrected chi connectivity index (χ1v) is 6.25. The van der Waals surface area contributed by atoms with Gasteiger partial charge in [0.15, 0.2) is 6.29 Å². The molecular weight excluding hydrogens is 250 g/mol. The lowest BCUT2D eigenvalue weighted by molar-refractivity contribution is 0.00578. The van der Waals surface area contributed by atoms with Gasteiger partial charge in [-0.25, -0.2) is 0 Å². The zero-order valence-corrected chi connectivity index (χ0v) is 11.7. The summed E-state index contributed by atoms with van der Waals surface area (Å²) in [6.07, 6.45) is 0.732. The predicted octanol–water partition coefficient (Wildman–Crippen LogP) is 2.45. The molecule has 0 aliphatic carbocycles. The molecule has 5 heteroatoms. The summed E-state index contributed by atoms with van der Waals surface area (Å²) in [5, 5.41) is 0.414. The van der Waals surface area contributed by atoms with E-state index in [1.165, 1.54) is 0 Å². The summed E-state index contributed by atoms with van der Waals surface area (Å²) in [6, 6.07) is 5.20. The maximum Gasteiger partial charge on any atom is 0.494 e. The van der Waals surface area contributed by atoms with Gasteiger partial charge in [-0.05, 0) is 39.2 Å². The van der Waals surface area contributed by atoms with Crippen molar-refractivity contribution in [3.63, 3.8) is 0 Å². The summed E-state index contributed by atoms with van der Waals surface area (Å²) in [5.41, 5.74) is 0.530. The smallest absolute Gasteiger partial charge is 0.399 e. The number of rotatable bonds is 2. The number of hydrogen-bond acceptors (Lipinski definition) is 3. The molecule has 0 saturated carbocycles. The topological polar surface area (TPSA) is 35.5 Å². The van der Waals surface area contributed by atoms with E-state index < -0.39 is 7.12 Å². The largest absolute Gasteiger partial charge is 0.494 e. The van der Waals surface area contributed by atoms with Crippen LogP contribution in [0.4, 0.5) is 0 Å². The standard InChI is InChI=1S/C13H16BClO3/c1-12(2)13(3,4)18-14(17-12)10-6-5-9(8-16)11(15)7-10/h5-8H,1-4H3. The van der Waals surface area contributed by atoms with E-state index in [4.69, 9.17) is 20.9 Å². The molecule has 2 rings (SSSR count). The minimum absolute atomic E-state index is 0.381. The Balaban J connectivity index is 2.30. The molecule has 0 N–H and O–H groups in total. The lowest BCUT2D eigenvalue weighted by Crippen LogP contribution is -2.41. The SMILES string of the molecule is CC1(C)OB(c2ccc(C=O)c(Cl)c2)OC1(C)C. The van der Waals surface area contributed by atoms with Gasteiger partial charge in [-0.3, -0.25) is 4.79 Å². The summed E-state index contributed by atoms with van der Waals surface area (Å²) in [4.78, 5) is 10.7. The Morgan fingerprint density at radius 3 is 2.17 bits per heavy atom. The first kappa shape index (κ1) is 13.6. The number of benzene rings is 1. The lowest BCUT2D eigenvalue weighted by atomic mass is 9.79. The Labute approximate surface area is 113 Å². The molecule has 0 spiro atoms. The van der Waals surface area contributed by atoms with Crippen LogP contribution in [0, 0.1) is 0 Å². The normalized spacial score (nSPS) is 21.1. The maximum absolute atomic E-state index is 10.7. The third-order valence-corrected chi connectivity index (χ3v) is 4.00. The molecule has 0 radical (unpaired) electrons. The minimum atomic E-state index is -0.451. The number of carbonyl (C=O) groups excluding carboxylic acids is 1. The molecule has 1 aliphatic rings. The molecule has 0 amide bonds. The van der Waals surface area contributed by atoms with Gasteiger partial charge in [-0.15, -0.1) is 0 Å². The van der Waals surface area contributed by atoms with Crippen LogP contribution >= 0.6 is 11.6 Å². The first-order chi connectivity index (χ1) is 8.27. The molecule has 96 valence electrons. The van der Waals surface area contributed by atoms with Crippen LogP contribution in [-0.4, -0.2) is 24.6 Å². The van der Waals surface area contributed by atoms with Crippen molar-refractivity contribution in [2.75, 3.05) is 0 Å². The van der Waals surface area contributed by atoms with Gasteiger partial charge in [0.2, 0.25) is 0 Å². The summed E-state index contributed by atoms with van der Waals surface area (Å²) >= 11 is 6.01. The monoisotopic (exact) mass is 266 g/mol. The van der Waals surface area contributed by atoms with Crippen molar-refractivity contribution in [1.29, 1.82) is 0 Å². The Morgan fingerprint density at radius 1 is 1.17 bits per heavy atom. The fourth-order valence-electron chi connectivity index (χ4n) is 1.76. The highest BCUT2D eigenvalue weighted by molar-refractivity contribution is 6.62. The predicted molar refractivity (Wildman–Crippen MR) is 72.6 cm³/mol. The summed E-state index contributed by atoms with van der Waals surface area (Å²) in [6.45, 7) is 7.98. The molecule has 1 fully saturated rings. The maximum atomic E-state index is 10.7. The molecule has 18 heavy (non-hydrogen) atoms. The van der Waals surface area contributed by atoms with Crippen molar-refractivity contribution in [1.82, 2.24) is 0 Å². The van der Waals surface area contributed by atoms with E-state index in [-0.39, 0.29) is 11.2 Å². The van der Waals surface area contributed by atoms with Crippen LogP contribution in [0.25, 0.3) is 0 Å². The highest BCUT2D eigenvalue weighted by Gasteiger charge is 2.51. The van der Waals surface area contributed by atoms with Crippen LogP contribution in [0.1, 0.15) is 38.1 Å². The number of aldehydes is 1. The fraction of sp³-hybridized carbons (Fsp3) is 0.462. The average Bonchev–Trinajstić information content (AvgIpc) is 2.48. The molecule has 1 aliphatic heterocycles. The summed E-state index contributed by atoms with van der Waals surface area (Å²) in [5.74, 6) is 0. The second-order valence-electron chi connectivity index (χ2n) is 5.49. The van der Waals surface area contributed by atoms with E-state index in [9.17, 15) is 4.79 Å².